The topological polar surface area (TPSA) is 79.9 Å². The average Bonchev–Trinajstić information content (AvgIpc) is 2.59. The van der Waals surface area contributed by atoms with Gasteiger partial charge in [0, 0.05) is 25.1 Å². The van der Waals surface area contributed by atoms with Crippen LogP contribution in [0.15, 0.2) is 29.3 Å². The smallest absolute Gasteiger partial charge is 0.189 e. The summed E-state index contributed by atoms with van der Waals surface area (Å²) in [5.41, 5.74) is 7.28. The number of hydrogen-bond acceptors (Lipinski definition) is 3. The molecule has 1 aliphatic rings. The molecule has 0 amide bonds. The van der Waals surface area contributed by atoms with Gasteiger partial charge in [0.15, 0.2) is 5.96 Å². The number of nitrogens with two attached hydrogens (primary N) is 1. The Morgan fingerprint density at radius 2 is 2.13 bits per heavy atom. The highest BCUT2D eigenvalue weighted by atomic mass is 16.5. The van der Waals surface area contributed by atoms with Gasteiger partial charge in [-0.1, -0.05) is 32.0 Å². The molecule has 5 heteroatoms. The maximum absolute atomic E-state index is 9.29. The fraction of sp³-hybridized carbons (Fsp3) is 0.611. The summed E-state index contributed by atoms with van der Waals surface area (Å²) in [7, 11) is 0. The van der Waals surface area contributed by atoms with E-state index in [0.29, 0.717) is 19.1 Å². The first-order chi connectivity index (χ1) is 11.1. The molecule has 1 aromatic rings. The fourth-order valence-electron chi connectivity index (χ4n) is 3.11. The molecule has 0 aromatic heterocycles. The number of ether oxygens (including phenoxy) is 1. The van der Waals surface area contributed by atoms with Crippen molar-refractivity contribution < 1.29 is 9.84 Å². The summed E-state index contributed by atoms with van der Waals surface area (Å²) in [6.45, 7) is 5.81. The number of guanidine groups is 1. The molecule has 0 aliphatic carbocycles. The summed E-state index contributed by atoms with van der Waals surface area (Å²) in [6, 6.07) is 8.17. The van der Waals surface area contributed by atoms with Crippen molar-refractivity contribution in [2.24, 2.45) is 16.1 Å². The summed E-state index contributed by atoms with van der Waals surface area (Å²) >= 11 is 0. The number of benzene rings is 1. The Balaban J connectivity index is 2.03. The Bertz CT molecular complexity index is 527. The first-order valence-corrected chi connectivity index (χ1v) is 8.53. The van der Waals surface area contributed by atoms with Crippen molar-refractivity contribution in [2.45, 2.75) is 45.6 Å². The van der Waals surface area contributed by atoms with Crippen LogP contribution in [0, 0.1) is 5.41 Å². The van der Waals surface area contributed by atoms with Gasteiger partial charge in [0.2, 0.25) is 0 Å². The Morgan fingerprint density at radius 3 is 2.83 bits per heavy atom. The summed E-state index contributed by atoms with van der Waals surface area (Å²) in [6.07, 6.45) is 3.61. The zero-order chi connectivity index (χ0) is 16.7. The molecule has 1 heterocycles. The van der Waals surface area contributed by atoms with Crippen molar-refractivity contribution in [3.63, 3.8) is 0 Å². The van der Waals surface area contributed by atoms with Gasteiger partial charge in [-0.3, -0.25) is 4.99 Å². The first kappa shape index (κ1) is 17.6. The molecule has 2 rings (SSSR count). The number of nitrogens with one attached hydrogen (secondary N) is 1. The van der Waals surface area contributed by atoms with Crippen LogP contribution in [0.2, 0.25) is 0 Å². The highest BCUT2D eigenvalue weighted by molar-refractivity contribution is 5.78. The van der Waals surface area contributed by atoms with Crippen molar-refractivity contribution in [1.82, 2.24) is 5.32 Å². The van der Waals surface area contributed by atoms with Crippen molar-refractivity contribution >= 4 is 5.96 Å². The summed E-state index contributed by atoms with van der Waals surface area (Å²) in [5, 5.41) is 12.6. The molecule has 0 saturated heterocycles. The van der Waals surface area contributed by atoms with E-state index in [2.05, 4.69) is 30.2 Å². The maximum Gasteiger partial charge on any atom is 0.189 e. The van der Waals surface area contributed by atoms with E-state index in [4.69, 9.17) is 10.5 Å². The molecular weight excluding hydrogens is 290 g/mol. The minimum atomic E-state index is 0.0363. The van der Waals surface area contributed by atoms with E-state index in [-0.39, 0.29) is 18.1 Å². The van der Waals surface area contributed by atoms with Crippen molar-refractivity contribution in [1.29, 1.82) is 0 Å². The summed E-state index contributed by atoms with van der Waals surface area (Å²) < 4.78 is 5.67. The lowest BCUT2D eigenvalue weighted by Gasteiger charge is -2.30. The van der Waals surface area contributed by atoms with Gasteiger partial charge >= 0.3 is 0 Å². The third kappa shape index (κ3) is 4.38. The van der Waals surface area contributed by atoms with Crippen LogP contribution in [0.4, 0.5) is 0 Å². The normalized spacial score (nSPS) is 18.2. The highest BCUT2D eigenvalue weighted by Crippen LogP contribution is 2.32. The van der Waals surface area contributed by atoms with E-state index in [1.807, 2.05) is 18.2 Å². The fourth-order valence-corrected chi connectivity index (χ4v) is 3.11. The highest BCUT2D eigenvalue weighted by Gasteiger charge is 2.26. The second-order valence-corrected chi connectivity index (χ2v) is 6.25. The molecule has 0 fully saturated rings. The zero-order valence-corrected chi connectivity index (χ0v) is 14.2. The Hall–Kier alpha value is -1.75. The Morgan fingerprint density at radius 1 is 1.39 bits per heavy atom. The molecule has 128 valence electrons. The summed E-state index contributed by atoms with van der Waals surface area (Å²) in [5.74, 6) is 1.39. The lowest BCUT2D eigenvalue weighted by molar-refractivity contribution is 0.175. The second-order valence-electron chi connectivity index (χ2n) is 6.25. The molecular formula is C18H29N3O2. The van der Waals surface area contributed by atoms with Crippen molar-refractivity contribution in [3.8, 4) is 5.75 Å². The molecule has 0 spiro atoms. The van der Waals surface area contributed by atoms with E-state index in [9.17, 15) is 5.11 Å². The van der Waals surface area contributed by atoms with Gasteiger partial charge in [-0.15, -0.1) is 0 Å². The second kappa shape index (κ2) is 8.20. The van der Waals surface area contributed by atoms with Gasteiger partial charge in [0.1, 0.15) is 5.75 Å². The van der Waals surface area contributed by atoms with Gasteiger partial charge < -0.3 is 20.9 Å². The van der Waals surface area contributed by atoms with Crippen LogP contribution >= 0.6 is 0 Å². The van der Waals surface area contributed by atoms with Crippen LogP contribution in [0.1, 0.15) is 51.1 Å². The van der Waals surface area contributed by atoms with Gasteiger partial charge in [-0.2, -0.15) is 0 Å². The number of hydrogen-bond donors (Lipinski definition) is 3. The largest absolute Gasteiger partial charge is 0.493 e. The Labute approximate surface area is 138 Å². The quantitative estimate of drug-likeness (QED) is 0.533. The van der Waals surface area contributed by atoms with E-state index in [1.54, 1.807) is 0 Å². The third-order valence-electron chi connectivity index (χ3n) is 5.01. The zero-order valence-electron chi connectivity index (χ0n) is 14.2. The maximum atomic E-state index is 9.29. The number of aliphatic imine (C=N–C) groups is 1. The summed E-state index contributed by atoms with van der Waals surface area (Å²) in [4.78, 5) is 4.56. The molecule has 5 nitrogen and oxygen atoms in total. The van der Waals surface area contributed by atoms with E-state index >= 15 is 0 Å². The van der Waals surface area contributed by atoms with Crippen LogP contribution in [0.5, 0.6) is 5.75 Å². The monoisotopic (exact) mass is 319 g/mol. The molecule has 1 aliphatic heterocycles. The number of aliphatic hydroxyl groups excluding tert-OH is 1. The molecule has 23 heavy (non-hydrogen) atoms. The van der Waals surface area contributed by atoms with Crippen molar-refractivity contribution in [2.75, 3.05) is 19.8 Å². The van der Waals surface area contributed by atoms with Gasteiger partial charge in [-0.05, 0) is 30.7 Å². The standard InChI is InChI=1S/C18H29N3O2/c1-3-18(4-2,10-11-22)13-20-17(19)21-15-9-12-23-16-8-6-5-7-14(15)16/h5-8,15,22H,3-4,9-13H2,1-2H3,(H3,19,20,21). The number of aliphatic hydroxyl groups is 1. The molecule has 1 aromatic carbocycles. The molecule has 0 radical (unpaired) electrons. The average molecular weight is 319 g/mol. The Kier molecular flexibility index (Phi) is 6.28. The van der Waals surface area contributed by atoms with Crippen LogP contribution in [-0.2, 0) is 0 Å². The first-order valence-electron chi connectivity index (χ1n) is 8.53. The third-order valence-corrected chi connectivity index (χ3v) is 5.01. The van der Waals surface area contributed by atoms with Crippen LogP contribution in [-0.4, -0.2) is 30.8 Å². The number of fused-ring (bicyclic) bond motifs is 1. The van der Waals surface area contributed by atoms with E-state index in [0.717, 1.165) is 37.0 Å². The van der Waals surface area contributed by atoms with Gasteiger partial charge in [0.05, 0.1) is 12.6 Å². The van der Waals surface area contributed by atoms with Gasteiger partial charge in [-0.25, -0.2) is 0 Å². The molecule has 1 unspecified atom stereocenters. The molecule has 0 bridgehead atoms. The predicted octanol–water partition coefficient (Wildman–Crippen LogP) is 2.60. The SMILES string of the molecule is CCC(CC)(CCO)CN=C(N)NC1CCOc2ccccc21. The predicted molar refractivity (Wildman–Crippen MR) is 93.6 cm³/mol. The van der Waals surface area contributed by atoms with Crippen LogP contribution in [0.3, 0.4) is 0 Å². The molecule has 0 saturated carbocycles. The number of para-hydroxylation sites is 1. The van der Waals surface area contributed by atoms with Crippen LogP contribution < -0.4 is 15.8 Å². The lowest BCUT2D eigenvalue weighted by Crippen LogP contribution is -2.38. The van der Waals surface area contributed by atoms with Crippen LogP contribution in [0.25, 0.3) is 0 Å². The van der Waals surface area contributed by atoms with Crippen molar-refractivity contribution in [3.05, 3.63) is 29.8 Å². The number of nitrogens with zero attached hydrogens (tertiary/aromatic N) is 1. The van der Waals surface area contributed by atoms with Gasteiger partial charge in [0.25, 0.3) is 0 Å². The van der Waals surface area contributed by atoms with E-state index in [1.165, 1.54) is 0 Å². The number of rotatable bonds is 7. The van der Waals surface area contributed by atoms with E-state index < -0.39 is 0 Å². The molecule has 1 atom stereocenters. The minimum absolute atomic E-state index is 0.0363. The molecule has 4 N–H and O–H groups in total. The lowest BCUT2D eigenvalue weighted by atomic mass is 9.79. The minimum Gasteiger partial charge on any atom is -0.493 e.